The Labute approximate surface area is 117 Å². The smallest absolute Gasteiger partial charge is 0.0335 e. The van der Waals surface area contributed by atoms with Crippen molar-refractivity contribution in [3.05, 3.63) is 35.4 Å². The van der Waals surface area contributed by atoms with Gasteiger partial charge in [0.25, 0.3) is 0 Å². The molecule has 1 aromatic carbocycles. The fourth-order valence-electron chi connectivity index (χ4n) is 3.69. The van der Waals surface area contributed by atoms with E-state index in [1.807, 2.05) is 0 Å². The van der Waals surface area contributed by atoms with Crippen molar-refractivity contribution in [2.75, 3.05) is 13.1 Å². The predicted molar refractivity (Wildman–Crippen MR) is 80.0 cm³/mol. The summed E-state index contributed by atoms with van der Waals surface area (Å²) in [5.74, 6) is 1.84. The second-order valence-corrected chi connectivity index (χ2v) is 6.41. The summed E-state index contributed by atoms with van der Waals surface area (Å²) < 4.78 is 0. The lowest BCUT2D eigenvalue weighted by Gasteiger charge is -2.21. The van der Waals surface area contributed by atoms with Crippen LogP contribution >= 0.6 is 0 Å². The Bertz CT molecular complexity index is 415. The molecular formula is C17H26N2. The minimum Gasteiger partial charge on any atom is -0.313 e. The summed E-state index contributed by atoms with van der Waals surface area (Å²) in [6.07, 6.45) is 5.47. The van der Waals surface area contributed by atoms with Gasteiger partial charge in [0.2, 0.25) is 0 Å². The third kappa shape index (κ3) is 3.18. The van der Waals surface area contributed by atoms with Crippen LogP contribution in [0.2, 0.25) is 0 Å². The molecule has 2 heteroatoms. The van der Waals surface area contributed by atoms with Gasteiger partial charge in [-0.3, -0.25) is 0 Å². The molecular weight excluding hydrogens is 232 g/mol. The van der Waals surface area contributed by atoms with E-state index in [-0.39, 0.29) is 0 Å². The maximum Gasteiger partial charge on any atom is 0.0335 e. The Morgan fingerprint density at radius 2 is 2.11 bits per heavy atom. The van der Waals surface area contributed by atoms with Crippen molar-refractivity contribution in [1.82, 2.24) is 10.6 Å². The number of hydrogen-bond acceptors (Lipinski definition) is 2. The highest BCUT2D eigenvalue weighted by Crippen LogP contribution is 2.31. The molecule has 1 fully saturated rings. The SMILES string of the molecule is CC1CCC(CNC2CCNCc3ccccc32)C1. The monoisotopic (exact) mass is 258 g/mol. The predicted octanol–water partition coefficient (Wildman–Crippen LogP) is 3.25. The third-order valence-electron chi connectivity index (χ3n) is 4.81. The first-order valence-corrected chi connectivity index (χ1v) is 7.85. The minimum absolute atomic E-state index is 0.544. The van der Waals surface area contributed by atoms with Crippen molar-refractivity contribution in [1.29, 1.82) is 0 Å². The van der Waals surface area contributed by atoms with Gasteiger partial charge in [-0.2, -0.15) is 0 Å². The highest BCUT2D eigenvalue weighted by atomic mass is 14.9. The van der Waals surface area contributed by atoms with E-state index in [2.05, 4.69) is 41.8 Å². The van der Waals surface area contributed by atoms with E-state index in [1.54, 1.807) is 0 Å². The van der Waals surface area contributed by atoms with E-state index in [1.165, 1.54) is 43.4 Å². The Morgan fingerprint density at radius 1 is 1.21 bits per heavy atom. The summed E-state index contributed by atoms with van der Waals surface area (Å²) in [6.45, 7) is 5.73. The van der Waals surface area contributed by atoms with E-state index in [0.717, 1.165) is 24.9 Å². The first-order valence-electron chi connectivity index (χ1n) is 7.85. The molecule has 0 amide bonds. The van der Waals surface area contributed by atoms with E-state index < -0.39 is 0 Å². The molecule has 2 N–H and O–H groups in total. The zero-order valence-corrected chi connectivity index (χ0v) is 12.0. The number of nitrogens with one attached hydrogen (secondary N) is 2. The molecule has 3 atom stereocenters. The number of fused-ring (bicyclic) bond motifs is 1. The molecule has 1 aliphatic carbocycles. The second-order valence-electron chi connectivity index (χ2n) is 6.41. The molecule has 0 saturated heterocycles. The Hall–Kier alpha value is -0.860. The van der Waals surface area contributed by atoms with Crippen molar-refractivity contribution in [3.63, 3.8) is 0 Å². The second kappa shape index (κ2) is 6.06. The van der Waals surface area contributed by atoms with Crippen molar-refractivity contribution in [3.8, 4) is 0 Å². The molecule has 0 spiro atoms. The summed E-state index contributed by atoms with van der Waals surface area (Å²) in [6, 6.07) is 9.44. The average Bonchev–Trinajstić information content (AvgIpc) is 2.73. The molecule has 104 valence electrons. The van der Waals surface area contributed by atoms with Crippen LogP contribution in [0.15, 0.2) is 24.3 Å². The molecule has 2 nitrogen and oxygen atoms in total. The highest BCUT2D eigenvalue weighted by molar-refractivity contribution is 5.31. The van der Waals surface area contributed by atoms with E-state index >= 15 is 0 Å². The summed E-state index contributed by atoms with van der Waals surface area (Å²) >= 11 is 0. The summed E-state index contributed by atoms with van der Waals surface area (Å²) in [7, 11) is 0. The van der Waals surface area contributed by atoms with Gasteiger partial charge in [-0.25, -0.2) is 0 Å². The van der Waals surface area contributed by atoms with Crippen molar-refractivity contribution >= 4 is 0 Å². The Balaban J connectivity index is 1.64. The molecule has 0 aromatic heterocycles. The largest absolute Gasteiger partial charge is 0.313 e. The van der Waals surface area contributed by atoms with Crippen LogP contribution in [0.4, 0.5) is 0 Å². The number of rotatable bonds is 3. The van der Waals surface area contributed by atoms with E-state index in [4.69, 9.17) is 0 Å². The zero-order chi connectivity index (χ0) is 13.1. The number of hydrogen-bond donors (Lipinski definition) is 2. The molecule has 1 aliphatic heterocycles. The minimum atomic E-state index is 0.544. The zero-order valence-electron chi connectivity index (χ0n) is 12.0. The molecule has 0 bridgehead atoms. The average molecular weight is 258 g/mol. The van der Waals surface area contributed by atoms with E-state index in [9.17, 15) is 0 Å². The molecule has 19 heavy (non-hydrogen) atoms. The fraction of sp³-hybridized carbons (Fsp3) is 0.647. The van der Waals surface area contributed by atoms with Crippen LogP contribution in [-0.4, -0.2) is 13.1 Å². The van der Waals surface area contributed by atoms with Gasteiger partial charge in [0.05, 0.1) is 0 Å². The van der Waals surface area contributed by atoms with Gasteiger partial charge in [-0.05, 0) is 55.3 Å². The van der Waals surface area contributed by atoms with Crippen LogP contribution in [0.5, 0.6) is 0 Å². The van der Waals surface area contributed by atoms with Crippen LogP contribution in [0, 0.1) is 11.8 Å². The molecule has 1 aromatic rings. The van der Waals surface area contributed by atoms with Crippen LogP contribution in [0.25, 0.3) is 0 Å². The normalized spacial score (nSPS) is 30.9. The standard InChI is InChI=1S/C17H26N2/c1-13-6-7-14(10-13)11-19-17-8-9-18-12-15-4-2-3-5-16(15)17/h2-5,13-14,17-19H,6-12H2,1H3. The van der Waals surface area contributed by atoms with Crippen LogP contribution in [0.1, 0.15) is 49.8 Å². The maximum atomic E-state index is 3.84. The van der Waals surface area contributed by atoms with Gasteiger partial charge in [-0.1, -0.05) is 37.6 Å². The first kappa shape index (κ1) is 13.1. The molecule has 3 rings (SSSR count). The van der Waals surface area contributed by atoms with Gasteiger partial charge >= 0.3 is 0 Å². The number of benzene rings is 1. The lowest BCUT2D eigenvalue weighted by molar-refractivity contribution is 0.415. The lowest BCUT2D eigenvalue weighted by atomic mass is 9.98. The van der Waals surface area contributed by atoms with Crippen LogP contribution in [0.3, 0.4) is 0 Å². The Kier molecular flexibility index (Phi) is 4.19. The van der Waals surface area contributed by atoms with Gasteiger partial charge in [0, 0.05) is 12.6 Å². The van der Waals surface area contributed by atoms with Gasteiger partial charge in [0.1, 0.15) is 0 Å². The van der Waals surface area contributed by atoms with Crippen molar-refractivity contribution in [2.45, 2.75) is 45.2 Å². The topological polar surface area (TPSA) is 24.1 Å². The van der Waals surface area contributed by atoms with Gasteiger partial charge < -0.3 is 10.6 Å². The van der Waals surface area contributed by atoms with E-state index in [0.29, 0.717) is 6.04 Å². The van der Waals surface area contributed by atoms with Crippen LogP contribution in [-0.2, 0) is 6.54 Å². The molecule has 1 heterocycles. The molecule has 3 unspecified atom stereocenters. The quantitative estimate of drug-likeness (QED) is 0.869. The first-order chi connectivity index (χ1) is 9.33. The van der Waals surface area contributed by atoms with Crippen molar-refractivity contribution < 1.29 is 0 Å². The Morgan fingerprint density at radius 3 is 2.95 bits per heavy atom. The highest BCUT2D eigenvalue weighted by Gasteiger charge is 2.23. The fourth-order valence-corrected chi connectivity index (χ4v) is 3.69. The molecule has 2 aliphatic rings. The third-order valence-corrected chi connectivity index (χ3v) is 4.81. The molecule has 1 saturated carbocycles. The van der Waals surface area contributed by atoms with Crippen molar-refractivity contribution in [2.24, 2.45) is 11.8 Å². The lowest BCUT2D eigenvalue weighted by Crippen LogP contribution is -2.27. The summed E-state index contributed by atoms with van der Waals surface area (Å²) in [5, 5.41) is 7.37. The molecule has 0 radical (unpaired) electrons. The summed E-state index contributed by atoms with van der Waals surface area (Å²) in [4.78, 5) is 0. The summed E-state index contributed by atoms with van der Waals surface area (Å²) in [5.41, 5.74) is 2.98. The maximum absolute atomic E-state index is 3.84. The van der Waals surface area contributed by atoms with Gasteiger partial charge in [-0.15, -0.1) is 0 Å². The van der Waals surface area contributed by atoms with Crippen LogP contribution < -0.4 is 10.6 Å². The van der Waals surface area contributed by atoms with Gasteiger partial charge in [0.15, 0.2) is 0 Å².